The summed E-state index contributed by atoms with van der Waals surface area (Å²) < 4.78 is 5.36. The van der Waals surface area contributed by atoms with E-state index in [2.05, 4.69) is 29.0 Å². The number of ether oxygens (including phenoxy) is 1. The molecule has 5 heteroatoms. The molecule has 1 saturated heterocycles. The first-order chi connectivity index (χ1) is 8.79. The first-order valence-corrected chi connectivity index (χ1v) is 7.57. The highest BCUT2D eigenvalue weighted by Crippen LogP contribution is 2.19. The van der Waals surface area contributed by atoms with Crippen molar-refractivity contribution in [2.24, 2.45) is 0 Å². The minimum absolute atomic E-state index is 0.856. The van der Waals surface area contributed by atoms with Crippen molar-refractivity contribution < 1.29 is 4.74 Å². The van der Waals surface area contributed by atoms with Gasteiger partial charge in [0.15, 0.2) is 0 Å². The second-order valence-electron chi connectivity index (χ2n) is 4.68. The van der Waals surface area contributed by atoms with Crippen molar-refractivity contribution in [3.8, 4) is 0 Å². The van der Waals surface area contributed by atoms with Crippen LogP contribution < -0.4 is 5.32 Å². The lowest BCUT2D eigenvalue weighted by Gasteiger charge is -2.25. The third-order valence-corrected chi connectivity index (χ3v) is 4.25. The van der Waals surface area contributed by atoms with Crippen LogP contribution in [0.4, 0.5) is 0 Å². The molecule has 0 spiro atoms. The zero-order chi connectivity index (χ0) is 12.8. The fraction of sp³-hybridized carbons (Fsp3) is 0.769. The predicted octanol–water partition coefficient (Wildman–Crippen LogP) is 1.78. The molecule has 1 aromatic rings. The van der Waals surface area contributed by atoms with E-state index in [-0.39, 0.29) is 0 Å². The average molecular weight is 269 g/mol. The summed E-state index contributed by atoms with van der Waals surface area (Å²) in [4.78, 5) is 8.48. The summed E-state index contributed by atoms with van der Waals surface area (Å²) in [5.74, 6) is 0. The van der Waals surface area contributed by atoms with E-state index in [0.29, 0.717) is 0 Å². The topological polar surface area (TPSA) is 37.4 Å². The maximum absolute atomic E-state index is 5.36. The van der Waals surface area contributed by atoms with Crippen molar-refractivity contribution in [1.29, 1.82) is 0 Å². The molecule has 0 saturated carbocycles. The molecule has 0 aromatic carbocycles. The standard InChI is InChI=1S/C13H23N3OS/c1-3-4-14-9-12-11(2)15-13(18-12)10-16-5-7-17-8-6-16/h14H,3-10H2,1-2H3. The molecule has 0 amide bonds. The molecule has 1 aliphatic heterocycles. The number of aryl methyl sites for hydroxylation is 1. The SMILES string of the molecule is CCCNCc1sc(CN2CCOCC2)nc1C. The number of morpholine rings is 1. The van der Waals surface area contributed by atoms with Gasteiger partial charge in [0, 0.05) is 24.5 Å². The number of rotatable bonds is 6. The van der Waals surface area contributed by atoms with Gasteiger partial charge >= 0.3 is 0 Å². The van der Waals surface area contributed by atoms with Gasteiger partial charge in [-0.05, 0) is 19.9 Å². The predicted molar refractivity (Wildman–Crippen MR) is 74.9 cm³/mol. The fourth-order valence-electron chi connectivity index (χ4n) is 2.05. The molecule has 0 unspecified atom stereocenters. The number of aromatic nitrogens is 1. The van der Waals surface area contributed by atoms with Gasteiger partial charge in [0.05, 0.1) is 25.5 Å². The molecule has 2 heterocycles. The Kier molecular flexibility index (Phi) is 5.56. The third-order valence-electron chi connectivity index (χ3n) is 3.11. The maximum Gasteiger partial charge on any atom is 0.107 e. The minimum atomic E-state index is 0.856. The first-order valence-electron chi connectivity index (χ1n) is 6.75. The molecule has 1 N–H and O–H groups in total. The van der Waals surface area contributed by atoms with Crippen LogP contribution >= 0.6 is 11.3 Å². The summed E-state index contributed by atoms with van der Waals surface area (Å²) in [7, 11) is 0. The molecular weight excluding hydrogens is 246 g/mol. The highest BCUT2D eigenvalue weighted by Gasteiger charge is 2.14. The van der Waals surface area contributed by atoms with E-state index in [1.54, 1.807) is 0 Å². The number of hydrogen-bond donors (Lipinski definition) is 1. The monoisotopic (exact) mass is 269 g/mol. The molecule has 4 nitrogen and oxygen atoms in total. The van der Waals surface area contributed by atoms with Gasteiger partial charge in [0.25, 0.3) is 0 Å². The Morgan fingerprint density at radius 3 is 2.89 bits per heavy atom. The second kappa shape index (κ2) is 7.19. The lowest BCUT2D eigenvalue weighted by Crippen LogP contribution is -2.35. The van der Waals surface area contributed by atoms with Crippen molar-refractivity contribution in [3.63, 3.8) is 0 Å². The smallest absolute Gasteiger partial charge is 0.107 e. The molecule has 2 rings (SSSR count). The number of nitrogens with one attached hydrogen (secondary N) is 1. The van der Waals surface area contributed by atoms with Crippen LogP contribution in [0.3, 0.4) is 0 Å². The summed E-state index contributed by atoms with van der Waals surface area (Å²) in [6.07, 6.45) is 1.18. The van der Waals surface area contributed by atoms with E-state index in [4.69, 9.17) is 4.74 Å². The Morgan fingerprint density at radius 2 is 2.17 bits per heavy atom. The van der Waals surface area contributed by atoms with E-state index >= 15 is 0 Å². The minimum Gasteiger partial charge on any atom is -0.379 e. The molecule has 0 radical (unpaired) electrons. The highest BCUT2D eigenvalue weighted by molar-refractivity contribution is 7.11. The van der Waals surface area contributed by atoms with Crippen LogP contribution in [0.2, 0.25) is 0 Å². The largest absolute Gasteiger partial charge is 0.379 e. The summed E-state index contributed by atoms with van der Waals surface area (Å²) in [5, 5.41) is 4.68. The molecule has 18 heavy (non-hydrogen) atoms. The zero-order valence-corrected chi connectivity index (χ0v) is 12.2. The first kappa shape index (κ1) is 13.9. The Labute approximate surface area is 113 Å². The molecular formula is C13H23N3OS. The quantitative estimate of drug-likeness (QED) is 0.799. The number of nitrogens with zero attached hydrogens (tertiary/aromatic N) is 2. The van der Waals surface area contributed by atoms with Crippen LogP contribution in [0.1, 0.15) is 28.9 Å². The van der Waals surface area contributed by atoms with Gasteiger partial charge in [0.1, 0.15) is 5.01 Å². The van der Waals surface area contributed by atoms with Gasteiger partial charge in [-0.15, -0.1) is 11.3 Å². The van der Waals surface area contributed by atoms with Crippen molar-refractivity contribution in [2.45, 2.75) is 33.4 Å². The van der Waals surface area contributed by atoms with Gasteiger partial charge in [-0.2, -0.15) is 0 Å². The van der Waals surface area contributed by atoms with E-state index in [0.717, 1.165) is 45.9 Å². The zero-order valence-electron chi connectivity index (χ0n) is 11.4. The summed E-state index contributed by atoms with van der Waals surface area (Å²) >= 11 is 1.85. The van der Waals surface area contributed by atoms with Crippen molar-refractivity contribution >= 4 is 11.3 Å². The summed E-state index contributed by atoms with van der Waals surface area (Å²) in [6, 6.07) is 0. The maximum atomic E-state index is 5.36. The van der Waals surface area contributed by atoms with Crippen LogP contribution in [0.5, 0.6) is 0 Å². The average Bonchev–Trinajstić information content (AvgIpc) is 2.71. The molecule has 1 aliphatic rings. The van der Waals surface area contributed by atoms with Gasteiger partial charge in [-0.3, -0.25) is 4.90 Å². The number of hydrogen-bond acceptors (Lipinski definition) is 5. The van der Waals surface area contributed by atoms with Crippen LogP contribution in [-0.4, -0.2) is 42.7 Å². The Hall–Kier alpha value is -0.490. The van der Waals surface area contributed by atoms with Crippen LogP contribution in [-0.2, 0) is 17.8 Å². The van der Waals surface area contributed by atoms with Gasteiger partial charge in [0.2, 0.25) is 0 Å². The molecule has 0 aliphatic carbocycles. The molecule has 1 aromatic heterocycles. The Balaban J connectivity index is 1.86. The number of thiazole rings is 1. The van der Waals surface area contributed by atoms with E-state index in [1.807, 2.05) is 11.3 Å². The Morgan fingerprint density at radius 1 is 1.39 bits per heavy atom. The van der Waals surface area contributed by atoms with Gasteiger partial charge in [-0.25, -0.2) is 4.98 Å². The van der Waals surface area contributed by atoms with E-state index < -0.39 is 0 Å². The molecule has 0 bridgehead atoms. The molecule has 1 fully saturated rings. The van der Waals surface area contributed by atoms with Crippen molar-refractivity contribution in [1.82, 2.24) is 15.2 Å². The lowest BCUT2D eigenvalue weighted by atomic mass is 10.4. The van der Waals surface area contributed by atoms with E-state index in [9.17, 15) is 0 Å². The summed E-state index contributed by atoms with van der Waals surface area (Å²) in [5.41, 5.74) is 1.19. The lowest BCUT2D eigenvalue weighted by molar-refractivity contribution is 0.0341. The summed E-state index contributed by atoms with van der Waals surface area (Å²) in [6.45, 7) is 11.1. The van der Waals surface area contributed by atoms with Crippen molar-refractivity contribution in [2.75, 3.05) is 32.8 Å². The third kappa shape index (κ3) is 4.02. The van der Waals surface area contributed by atoms with Gasteiger partial charge in [-0.1, -0.05) is 6.92 Å². The highest BCUT2D eigenvalue weighted by atomic mass is 32.1. The Bertz CT molecular complexity index is 361. The normalized spacial score (nSPS) is 17.2. The van der Waals surface area contributed by atoms with Gasteiger partial charge < -0.3 is 10.1 Å². The molecule has 102 valence electrons. The molecule has 0 atom stereocenters. The fourth-order valence-corrected chi connectivity index (χ4v) is 3.13. The van der Waals surface area contributed by atoms with E-state index in [1.165, 1.54) is 22.0 Å². The van der Waals surface area contributed by atoms with Crippen LogP contribution in [0.15, 0.2) is 0 Å². The van der Waals surface area contributed by atoms with Crippen LogP contribution in [0, 0.1) is 6.92 Å². The van der Waals surface area contributed by atoms with Crippen LogP contribution in [0.25, 0.3) is 0 Å². The second-order valence-corrected chi connectivity index (χ2v) is 5.85. The van der Waals surface area contributed by atoms with Crippen molar-refractivity contribution in [3.05, 3.63) is 15.6 Å².